The summed E-state index contributed by atoms with van der Waals surface area (Å²) >= 11 is 1.66. The smallest absolute Gasteiger partial charge is 0.325 e. The van der Waals surface area contributed by atoms with Gasteiger partial charge in [0.1, 0.15) is 11.4 Å². The zero-order valence-corrected chi connectivity index (χ0v) is 12.0. The molecule has 1 saturated carbocycles. The van der Waals surface area contributed by atoms with Crippen LogP contribution in [0, 0.1) is 0 Å². The summed E-state index contributed by atoms with van der Waals surface area (Å²) in [6.45, 7) is 0.0326. The highest BCUT2D eigenvalue weighted by Crippen LogP contribution is 2.46. The van der Waals surface area contributed by atoms with Gasteiger partial charge in [-0.1, -0.05) is 0 Å². The maximum atomic E-state index is 12.0. The molecule has 1 aromatic heterocycles. The lowest BCUT2D eigenvalue weighted by molar-refractivity contribution is -0.137. The van der Waals surface area contributed by atoms with Crippen molar-refractivity contribution in [1.82, 2.24) is 14.5 Å². The molecule has 0 aliphatic heterocycles. The van der Waals surface area contributed by atoms with Gasteiger partial charge >= 0.3 is 5.97 Å². The summed E-state index contributed by atoms with van der Waals surface area (Å²) in [6.07, 6.45) is 6.36. The average Bonchev–Trinajstić information content (AvgIpc) is 2.98. The van der Waals surface area contributed by atoms with Crippen LogP contribution in [0.3, 0.4) is 0 Å². The van der Waals surface area contributed by atoms with E-state index in [0.29, 0.717) is 6.54 Å². The van der Waals surface area contributed by atoms with Crippen molar-refractivity contribution in [3.05, 3.63) is 12.4 Å². The summed E-state index contributed by atoms with van der Waals surface area (Å²) in [6, 6.07) is 0. The fourth-order valence-corrected chi connectivity index (χ4v) is 3.51. The highest BCUT2D eigenvalue weighted by Gasteiger charge is 2.42. The Morgan fingerprint density at radius 1 is 1.63 bits per heavy atom. The number of carboxylic acid groups (broad SMARTS) is 1. The van der Waals surface area contributed by atoms with Gasteiger partial charge in [-0.15, -0.1) is 0 Å². The standard InChI is InChI=1S/C10H15N3O4S2/c1-18-10(2-3-10)7-12-19(16,17)8-4-11-13(5-8)6-9(14)15/h4-5,12H,2-3,6-7H2,1H3,(H,14,15). The first-order chi connectivity index (χ1) is 8.87. The maximum absolute atomic E-state index is 12.0. The van der Waals surface area contributed by atoms with E-state index in [2.05, 4.69) is 9.82 Å². The van der Waals surface area contributed by atoms with Crippen LogP contribution in [0.4, 0.5) is 0 Å². The van der Waals surface area contributed by atoms with Crippen LogP contribution >= 0.6 is 11.8 Å². The van der Waals surface area contributed by atoms with E-state index in [0.717, 1.165) is 23.7 Å². The van der Waals surface area contributed by atoms with Crippen LogP contribution in [0.15, 0.2) is 17.3 Å². The summed E-state index contributed by atoms with van der Waals surface area (Å²) in [5.74, 6) is -1.07. The number of hydrogen-bond donors (Lipinski definition) is 2. The van der Waals surface area contributed by atoms with E-state index in [1.54, 1.807) is 11.8 Å². The molecule has 0 radical (unpaired) electrons. The Kier molecular flexibility index (Phi) is 3.88. The molecule has 106 valence electrons. The Bertz CT molecular complexity index is 577. The van der Waals surface area contributed by atoms with E-state index in [4.69, 9.17) is 5.11 Å². The molecule has 0 spiro atoms. The van der Waals surface area contributed by atoms with Crippen molar-refractivity contribution in [3.63, 3.8) is 0 Å². The topological polar surface area (TPSA) is 101 Å². The number of thioether (sulfide) groups is 1. The molecule has 1 aliphatic rings. The molecule has 1 heterocycles. The third-order valence-electron chi connectivity index (χ3n) is 3.04. The number of nitrogens with one attached hydrogen (secondary N) is 1. The zero-order chi connectivity index (χ0) is 14.1. The number of nitrogens with zero attached hydrogens (tertiary/aromatic N) is 2. The molecule has 1 aliphatic carbocycles. The Morgan fingerprint density at radius 3 is 2.84 bits per heavy atom. The van der Waals surface area contributed by atoms with Gasteiger partial charge in [0.25, 0.3) is 0 Å². The molecule has 0 aromatic carbocycles. The normalized spacial score (nSPS) is 17.3. The summed E-state index contributed by atoms with van der Waals surface area (Å²) in [7, 11) is -3.62. The molecule has 19 heavy (non-hydrogen) atoms. The first-order valence-corrected chi connectivity index (χ1v) is 8.37. The quantitative estimate of drug-likeness (QED) is 0.743. The highest BCUT2D eigenvalue weighted by molar-refractivity contribution is 8.00. The van der Waals surface area contributed by atoms with Gasteiger partial charge in [-0.3, -0.25) is 9.48 Å². The Balaban J connectivity index is 2.02. The molecule has 2 rings (SSSR count). The number of aliphatic carboxylic acids is 1. The van der Waals surface area contributed by atoms with Crippen molar-refractivity contribution < 1.29 is 18.3 Å². The number of aromatic nitrogens is 2. The number of carbonyl (C=O) groups is 1. The van der Waals surface area contributed by atoms with E-state index in [-0.39, 0.29) is 16.2 Å². The van der Waals surface area contributed by atoms with E-state index in [1.165, 1.54) is 6.20 Å². The van der Waals surface area contributed by atoms with Gasteiger partial charge in [0, 0.05) is 17.5 Å². The Hall–Kier alpha value is -1.06. The molecule has 2 N–H and O–H groups in total. The van der Waals surface area contributed by atoms with Crippen LogP contribution in [-0.2, 0) is 21.4 Å². The summed E-state index contributed by atoms with van der Waals surface area (Å²) in [5.41, 5.74) is 0. The van der Waals surface area contributed by atoms with Crippen LogP contribution < -0.4 is 4.72 Å². The molecule has 0 amide bonds. The van der Waals surface area contributed by atoms with Crippen LogP contribution in [0.1, 0.15) is 12.8 Å². The van der Waals surface area contributed by atoms with Crippen molar-refractivity contribution in [2.75, 3.05) is 12.8 Å². The largest absolute Gasteiger partial charge is 0.480 e. The van der Waals surface area contributed by atoms with Gasteiger partial charge in [0.2, 0.25) is 10.0 Å². The van der Waals surface area contributed by atoms with E-state index in [9.17, 15) is 13.2 Å². The lowest BCUT2D eigenvalue weighted by atomic mass is 10.4. The molecule has 0 atom stereocenters. The predicted molar refractivity (Wildman–Crippen MR) is 70.5 cm³/mol. The van der Waals surface area contributed by atoms with Crippen LogP contribution in [0.25, 0.3) is 0 Å². The third-order valence-corrected chi connectivity index (χ3v) is 5.82. The Labute approximate surface area is 115 Å². The minimum atomic E-state index is -3.62. The van der Waals surface area contributed by atoms with Crippen molar-refractivity contribution in [2.24, 2.45) is 0 Å². The molecule has 0 saturated heterocycles. The van der Waals surface area contributed by atoms with E-state index in [1.807, 2.05) is 6.26 Å². The number of sulfonamides is 1. The minimum Gasteiger partial charge on any atom is -0.480 e. The van der Waals surface area contributed by atoms with Crippen LogP contribution in [0.2, 0.25) is 0 Å². The molecule has 1 fully saturated rings. The molecule has 0 bridgehead atoms. The van der Waals surface area contributed by atoms with Gasteiger partial charge in [0.05, 0.1) is 6.20 Å². The first kappa shape index (κ1) is 14.4. The van der Waals surface area contributed by atoms with Crippen molar-refractivity contribution in [1.29, 1.82) is 0 Å². The SMILES string of the molecule is CSC1(CNS(=O)(=O)c2cnn(CC(=O)O)c2)CC1. The Morgan fingerprint density at radius 2 is 2.32 bits per heavy atom. The van der Waals surface area contributed by atoms with Gasteiger partial charge < -0.3 is 5.11 Å². The lowest BCUT2D eigenvalue weighted by Crippen LogP contribution is -2.31. The molecule has 0 unspecified atom stereocenters. The third kappa shape index (κ3) is 3.48. The number of carboxylic acids is 1. The monoisotopic (exact) mass is 305 g/mol. The maximum Gasteiger partial charge on any atom is 0.325 e. The second-order valence-electron chi connectivity index (χ2n) is 4.48. The summed E-state index contributed by atoms with van der Waals surface area (Å²) in [5, 5.41) is 12.3. The van der Waals surface area contributed by atoms with Crippen LogP contribution in [0.5, 0.6) is 0 Å². The molecule has 1 aromatic rings. The van der Waals surface area contributed by atoms with Gasteiger partial charge in [-0.25, -0.2) is 13.1 Å². The molecule has 9 heteroatoms. The second-order valence-corrected chi connectivity index (χ2v) is 7.52. The fourth-order valence-electron chi connectivity index (χ4n) is 1.61. The van der Waals surface area contributed by atoms with Crippen molar-refractivity contribution in [2.45, 2.75) is 29.0 Å². The first-order valence-electron chi connectivity index (χ1n) is 5.66. The van der Waals surface area contributed by atoms with Crippen molar-refractivity contribution >= 4 is 27.8 Å². The van der Waals surface area contributed by atoms with E-state index < -0.39 is 16.0 Å². The summed E-state index contributed by atoms with van der Waals surface area (Å²) < 4.78 is 27.7. The zero-order valence-electron chi connectivity index (χ0n) is 10.4. The fraction of sp³-hybridized carbons (Fsp3) is 0.600. The van der Waals surface area contributed by atoms with Gasteiger partial charge in [-0.2, -0.15) is 16.9 Å². The average molecular weight is 305 g/mol. The molecular weight excluding hydrogens is 290 g/mol. The highest BCUT2D eigenvalue weighted by atomic mass is 32.2. The summed E-state index contributed by atoms with van der Waals surface area (Å²) in [4.78, 5) is 10.5. The lowest BCUT2D eigenvalue weighted by Gasteiger charge is -2.12. The predicted octanol–water partition coefficient (Wildman–Crippen LogP) is 0.142. The minimum absolute atomic E-state index is 0.00865. The van der Waals surface area contributed by atoms with Crippen LogP contribution in [-0.4, -0.2) is 46.8 Å². The molecule has 7 nitrogen and oxygen atoms in total. The second kappa shape index (κ2) is 5.14. The number of hydrogen-bond acceptors (Lipinski definition) is 5. The van der Waals surface area contributed by atoms with Crippen molar-refractivity contribution in [3.8, 4) is 0 Å². The molecular formula is C10H15N3O4S2. The van der Waals surface area contributed by atoms with E-state index >= 15 is 0 Å². The number of rotatable bonds is 7. The van der Waals surface area contributed by atoms with Gasteiger partial charge in [-0.05, 0) is 19.1 Å². The van der Waals surface area contributed by atoms with Gasteiger partial charge in [0.15, 0.2) is 0 Å².